The van der Waals surface area contributed by atoms with Crippen LogP contribution in [0.3, 0.4) is 0 Å². The minimum absolute atomic E-state index is 0.0647. The van der Waals surface area contributed by atoms with Gasteiger partial charge in [0.1, 0.15) is 5.75 Å². The van der Waals surface area contributed by atoms with E-state index in [0.717, 1.165) is 17.0 Å². The van der Waals surface area contributed by atoms with Crippen LogP contribution in [0.1, 0.15) is 21.6 Å². The van der Waals surface area contributed by atoms with Crippen molar-refractivity contribution in [2.24, 2.45) is 0 Å². The summed E-state index contributed by atoms with van der Waals surface area (Å²) in [4.78, 5) is 24.6. The molecule has 0 spiro atoms. The topological polar surface area (TPSA) is 94.5 Å². The minimum Gasteiger partial charge on any atom is -0.497 e. The molecule has 3 rings (SSSR count). The summed E-state index contributed by atoms with van der Waals surface area (Å²) in [6.45, 7) is 1.46. The molecule has 0 unspecified atom stereocenters. The first-order valence-electron chi connectivity index (χ1n) is 8.85. The molecule has 0 bridgehead atoms. The third-order valence-electron chi connectivity index (χ3n) is 4.48. The zero-order valence-electron chi connectivity index (χ0n) is 15.5. The molecule has 27 heavy (non-hydrogen) atoms. The first-order chi connectivity index (χ1) is 13.1. The lowest BCUT2D eigenvalue weighted by atomic mass is 10.1. The van der Waals surface area contributed by atoms with Crippen molar-refractivity contribution in [1.82, 2.24) is 20.4 Å². The smallest absolute Gasteiger partial charge is 0.254 e. The zero-order valence-corrected chi connectivity index (χ0v) is 15.5. The number of methoxy groups -OCH3 is 2. The normalized spacial score (nSPS) is 15.3. The lowest BCUT2D eigenvalue weighted by Gasteiger charge is -2.12. The van der Waals surface area contributed by atoms with Gasteiger partial charge in [-0.3, -0.25) is 14.3 Å². The number of ether oxygens (including phenoxy) is 2. The van der Waals surface area contributed by atoms with Gasteiger partial charge in [-0.2, -0.15) is 5.10 Å². The van der Waals surface area contributed by atoms with Crippen molar-refractivity contribution < 1.29 is 19.1 Å². The fourth-order valence-electron chi connectivity index (χ4n) is 3.18. The molecule has 1 aliphatic heterocycles. The van der Waals surface area contributed by atoms with Crippen LogP contribution < -0.4 is 15.4 Å². The molecule has 1 aromatic heterocycles. The predicted octanol–water partition coefficient (Wildman–Crippen LogP) is 0.552. The van der Waals surface area contributed by atoms with E-state index in [2.05, 4.69) is 15.7 Å². The Hall–Kier alpha value is -2.87. The molecule has 1 aliphatic rings. The van der Waals surface area contributed by atoms with Gasteiger partial charge >= 0.3 is 0 Å². The third-order valence-corrected chi connectivity index (χ3v) is 4.48. The molecule has 2 aromatic rings. The summed E-state index contributed by atoms with van der Waals surface area (Å²) < 4.78 is 11.9. The Bertz CT molecular complexity index is 818. The lowest BCUT2D eigenvalue weighted by Crippen LogP contribution is -2.37. The zero-order chi connectivity index (χ0) is 19.2. The predicted molar refractivity (Wildman–Crippen MR) is 98.8 cm³/mol. The number of nitrogens with one attached hydrogen (secondary N) is 2. The van der Waals surface area contributed by atoms with Gasteiger partial charge in [-0.1, -0.05) is 12.1 Å². The molecule has 144 valence electrons. The van der Waals surface area contributed by atoms with Gasteiger partial charge in [-0.15, -0.1) is 0 Å². The molecule has 2 N–H and O–H groups in total. The number of aromatic nitrogens is 2. The van der Waals surface area contributed by atoms with E-state index in [1.165, 1.54) is 0 Å². The Morgan fingerprint density at radius 2 is 2.19 bits per heavy atom. The highest BCUT2D eigenvalue weighted by atomic mass is 16.5. The van der Waals surface area contributed by atoms with Crippen LogP contribution >= 0.6 is 0 Å². The lowest BCUT2D eigenvalue weighted by molar-refractivity contribution is -0.121. The van der Waals surface area contributed by atoms with Gasteiger partial charge in [0.25, 0.3) is 5.91 Å². The summed E-state index contributed by atoms with van der Waals surface area (Å²) in [6, 6.07) is 7.38. The summed E-state index contributed by atoms with van der Waals surface area (Å²) >= 11 is 0. The molecular weight excluding hydrogens is 348 g/mol. The second-order valence-corrected chi connectivity index (χ2v) is 6.43. The van der Waals surface area contributed by atoms with Crippen molar-refractivity contribution in [2.45, 2.75) is 25.4 Å². The number of hydrogen-bond acceptors (Lipinski definition) is 5. The van der Waals surface area contributed by atoms with E-state index < -0.39 is 0 Å². The van der Waals surface area contributed by atoms with E-state index in [1.54, 1.807) is 25.1 Å². The van der Waals surface area contributed by atoms with Gasteiger partial charge in [0.2, 0.25) is 5.91 Å². The van der Waals surface area contributed by atoms with Crippen molar-refractivity contribution in [2.75, 3.05) is 27.4 Å². The van der Waals surface area contributed by atoms with E-state index in [9.17, 15) is 9.59 Å². The van der Waals surface area contributed by atoms with Gasteiger partial charge in [0.15, 0.2) is 0 Å². The first-order valence-corrected chi connectivity index (χ1v) is 8.85. The molecule has 2 amide bonds. The quantitative estimate of drug-likeness (QED) is 0.660. The van der Waals surface area contributed by atoms with Crippen LogP contribution in [0, 0.1) is 0 Å². The molecule has 0 saturated carbocycles. The highest BCUT2D eigenvalue weighted by molar-refractivity contribution is 5.95. The molecule has 1 aromatic carbocycles. The molecular formula is C19H24N4O4. The second kappa shape index (κ2) is 8.68. The number of fused-ring (bicyclic) bond motifs is 1. The summed E-state index contributed by atoms with van der Waals surface area (Å²) in [5.74, 6) is 0.493. The van der Waals surface area contributed by atoms with Crippen molar-refractivity contribution in [3.05, 3.63) is 47.3 Å². The van der Waals surface area contributed by atoms with Crippen molar-refractivity contribution in [3.63, 3.8) is 0 Å². The van der Waals surface area contributed by atoms with E-state index in [1.807, 2.05) is 24.3 Å². The number of rotatable bonds is 8. The summed E-state index contributed by atoms with van der Waals surface area (Å²) in [7, 11) is 3.19. The maximum Gasteiger partial charge on any atom is 0.254 e. The number of carbonyl (C=O) groups excluding carboxylic acids is 2. The molecule has 0 saturated heterocycles. The molecule has 8 heteroatoms. The Morgan fingerprint density at radius 3 is 2.96 bits per heavy atom. The minimum atomic E-state index is -0.170. The standard InChI is InChI=1S/C19H24N4O4/c1-26-7-6-20-19(25)16-11-21-23-12-14(10-17(16)23)22-18(24)9-13-4-3-5-15(8-13)27-2/h3-5,8,11,14H,6-7,9-10,12H2,1-2H3,(H,20,25)(H,22,24)/t14-/m0/s1. The number of nitrogens with zero attached hydrogens (tertiary/aromatic N) is 2. The summed E-state index contributed by atoms with van der Waals surface area (Å²) in [6.07, 6.45) is 2.43. The number of hydrogen-bond donors (Lipinski definition) is 2. The van der Waals surface area contributed by atoms with Gasteiger partial charge < -0.3 is 20.1 Å². The van der Waals surface area contributed by atoms with Crippen LogP contribution in [0.15, 0.2) is 30.5 Å². The summed E-state index contributed by atoms with van der Waals surface area (Å²) in [5.41, 5.74) is 2.29. The number of amides is 2. The first kappa shape index (κ1) is 18.9. The molecule has 1 atom stereocenters. The second-order valence-electron chi connectivity index (χ2n) is 6.43. The van der Waals surface area contributed by atoms with E-state index in [-0.39, 0.29) is 24.3 Å². The van der Waals surface area contributed by atoms with Crippen molar-refractivity contribution >= 4 is 11.8 Å². The van der Waals surface area contributed by atoms with Gasteiger partial charge in [0.05, 0.1) is 50.2 Å². The SMILES string of the molecule is COCCNC(=O)c1cnn2c1C[C@H](NC(=O)Cc1cccc(OC)c1)C2. The monoisotopic (exact) mass is 372 g/mol. The van der Waals surface area contributed by atoms with E-state index in [0.29, 0.717) is 31.7 Å². The average molecular weight is 372 g/mol. The maximum atomic E-state index is 12.4. The summed E-state index contributed by atoms with van der Waals surface area (Å²) in [5, 5.41) is 10.1. The van der Waals surface area contributed by atoms with Crippen LogP contribution in [0.2, 0.25) is 0 Å². The highest BCUT2D eigenvalue weighted by Gasteiger charge is 2.28. The Balaban J connectivity index is 1.55. The van der Waals surface area contributed by atoms with Crippen LogP contribution in [-0.2, 0) is 28.9 Å². The van der Waals surface area contributed by atoms with Crippen LogP contribution in [0.5, 0.6) is 5.75 Å². The van der Waals surface area contributed by atoms with Crippen LogP contribution in [0.4, 0.5) is 0 Å². The molecule has 8 nitrogen and oxygen atoms in total. The van der Waals surface area contributed by atoms with E-state index >= 15 is 0 Å². The molecule has 0 fully saturated rings. The van der Waals surface area contributed by atoms with Crippen LogP contribution in [0.25, 0.3) is 0 Å². The van der Waals surface area contributed by atoms with Crippen molar-refractivity contribution in [1.29, 1.82) is 0 Å². The molecule has 2 heterocycles. The third kappa shape index (κ3) is 4.65. The fraction of sp³-hybridized carbons (Fsp3) is 0.421. The average Bonchev–Trinajstić information content (AvgIpc) is 3.21. The molecule has 0 aliphatic carbocycles. The van der Waals surface area contributed by atoms with Gasteiger partial charge in [-0.25, -0.2) is 0 Å². The van der Waals surface area contributed by atoms with Crippen LogP contribution in [-0.4, -0.2) is 55.0 Å². The maximum absolute atomic E-state index is 12.4. The molecule has 0 radical (unpaired) electrons. The Morgan fingerprint density at radius 1 is 1.33 bits per heavy atom. The van der Waals surface area contributed by atoms with E-state index in [4.69, 9.17) is 9.47 Å². The van der Waals surface area contributed by atoms with Gasteiger partial charge in [0, 0.05) is 20.1 Å². The highest BCUT2D eigenvalue weighted by Crippen LogP contribution is 2.19. The van der Waals surface area contributed by atoms with Gasteiger partial charge in [-0.05, 0) is 17.7 Å². The fourth-order valence-corrected chi connectivity index (χ4v) is 3.18. The number of benzene rings is 1. The Kier molecular flexibility index (Phi) is 6.08. The Labute approximate surface area is 157 Å². The van der Waals surface area contributed by atoms with Crippen molar-refractivity contribution in [3.8, 4) is 5.75 Å². The largest absolute Gasteiger partial charge is 0.497 e. The number of carbonyl (C=O) groups is 2.